The van der Waals surface area contributed by atoms with Gasteiger partial charge in [-0.2, -0.15) is 13.2 Å². The molecule has 0 saturated carbocycles. The van der Waals surface area contributed by atoms with Crippen molar-refractivity contribution in [3.63, 3.8) is 0 Å². The van der Waals surface area contributed by atoms with Crippen LogP contribution in [0.4, 0.5) is 13.2 Å². The molecule has 0 aliphatic carbocycles. The third-order valence-corrected chi connectivity index (χ3v) is 3.23. The molecule has 2 rings (SSSR count). The van der Waals surface area contributed by atoms with Crippen LogP contribution in [0.25, 0.3) is 0 Å². The molecule has 1 N–H and O–H groups in total. The molecule has 126 valence electrons. The summed E-state index contributed by atoms with van der Waals surface area (Å²) >= 11 is 5.87. The number of alkyl halides is 3. The number of nitrogens with zero attached hydrogens (tertiary/aromatic N) is 3. The summed E-state index contributed by atoms with van der Waals surface area (Å²) in [4.78, 5) is 3.75. The van der Waals surface area contributed by atoms with Gasteiger partial charge in [0.1, 0.15) is 0 Å². The summed E-state index contributed by atoms with van der Waals surface area (Å²) in [7, 11) is 0. The normalized spacial score (nSPS) is 12.0. The van der Waals surface area contributed by atoms with Gasteiger partial charge < -0.3 is 9.84 Å². The molecule has 0 amide bonds. The average molecular weight is 350 g/mol. The molecular weight excluding hydrogens is 335 g/mol. The number of pyridine rings is 1. The molecule has 0 atom stereocenters. The van der Waals surface area contributed by atoms with Gasteiger partial charge in [0.05, 0.1) is 41.2 Å². The van der Waals surface area contributed by atoms with Gasteiger partial charge in [-0.15, -0.1) is 5.10 Å². The molecule has 0 spiro atoms. The van der Waals surface area contributed by atoms with Crippen LogP contribution in [0.1, 0.15) is 30.8 Å². The maximum Gasteiger partial charge on any atom is 0.417 e. The van der Waals surface area contributed by atoms with E-state index in [2.05, 4.69) is 10.1 Å². The van der Waals surface area contributed by atoms with Gasteiger partial charge in [-0.3, -0.25) is 9.67 Å². The lowest BCUT2D eigenvalue weighted by molar-refractivity contribution is -0.137. The second kappa shape index (κ2) is 6.76. The predicted octanol–water partition coefficient (Wildman–Crippen LogP) is 3.28. The molecule has 0 aromatic carbocycles. The molecule has 0 aliphatic heterocycles. The Hall–Kier alpha value is -1.80. The Balaban J connectivity index is 2.27. The second-order valence-electron chi connectivity index (χ2n) is 5.11. The molecule has 0 bridgehead atoms. The minimum atomic E-state index is -4.50. The predicted molar refractivity (Wildman–Crippen MR) is 77.3 cm³/mol. The van der Waals surface area contributed by atoms with Crippen molar-refractivity contribution in [1.29, 1.82) is 0 Å². The fourth-order valence-electron chi connectivity index (χ4n) is 1.87. The quantitative estimate of drug-likeness (QED) is 0.900. The van der Waals surface area contributed by atoms with Gasteiger partial charge in [0, 0.05) is 12.3 Å². The van der Waals surface area contributed by atoms with Gasteiger partial charge in [0.2, 0.25) is 5.88 Å². The largest absolute Gasteiger partial charge is 0.474 e. The van der Waals surface area contributed by atoms with E-state index in [0.717, 1.165) is 12.3 Å². The van der Waals surface area contributed by atoms with Crippen molar-refractivity contribution in [3.8, 4) is 5.88 Å². The Morgan fingerprint density at radius 3 is 2.57 bits per heavy atom. The number of hydrogen-bond acceptors (Lipinski definition) is 4. The maximum atomic E-state index is 12.6. The van der Waals surface area contributed by atoms with Crippen molar-refractivity contribution >= 4 is 11.6 Å². The van der Waals surface area contributed by atoms with Crippen LogP contribution >= 0.6 is 11.6 Å². The summed E-state index contributed by atoms with van der Waals surface area (Å²) in [5.41, 5.74) is -0.259. The zero-order chi connectivity index (χ0) is 17.2. The van der Waals surface area contributed by atoms with Crippen LogP contribution < -0.4 is 4.74 Å². The van der Waals surface area contributed by atoms with Crippen molar-refractivity contribution < 1.29 is 23.0 Å². The van der Waals surface area contributed by atoms with E-state index in [1.54, 1.807) is 6.07 Å². The molecule has 2 aromatic heterocycles. The number of ether oxygens (including phenoxy) is 1. The standard InChI is InChI=1S/C14H15ClF3N3O2/c1-8(2)23-13-4-10(7-22)21(20-13)6-12-11(15)3-9(5-19-12)14(16,17)18/h3-5,8,22H,6-7H2,1-2H3. The summed E-state index contributed by atoms with van der Waals surface area (Å²) in [6.45, 7) is 3.37. The SMILES string of the molecule is CC(C)Oc1cc(CO)n(Cc2ncc(C(F)(F)F)cc2Cl)n1. The molecular formula is C14H15ClF3N3O2. The highest BCUT2D eigenvalue weighted by Crippen LogP contribution is 2.31. The van der Waals surface area contributed by atoms with Crippen molar-refractivity contribution in [1.82, 2.24) is 14.8 Å². The fraction of sp³-hybridized carbons (Fsp3) is 0.429. The Bertz CT molecular complexity index is 686. The van der Waals surface area contributed by atoms with E-state index in [1.165, 1.54) is 4.68 Å². The van der Waals surface area contributed by atoms with Crippen molar-refractivity contribution in [3.05, 3.63) is 40.3 Å². The average Bonchev–Trinajstić information content (AvgIpc) is 2.80. The highest BCUT2D eigenvalue weighted by Gasteiger charge is 2.31. The Morgan fingerprint density at radius 1 is 1.35 bits per heavy atom. The number of aliphatic hydroxyl groups excluding tert-OH is 1. The van der Waals surface area contributed by atoms with Crippen molar-refractivity contribution in [2.24, 2.45) is 0 Å². The second-order valence-corrected chi connectivity index (χ2v) is 5.51. The first kappa shape index (κ1) is 17.6. The first-order chi connectivity index (χ1) is 10.7. The highest BCUT2D eigenvalue weighted by molar-refractivity contribution is 6.31. The minimum absolute atomic E-state index is 0.0221. The van der Waals surface area contributed by atoms with Crippen LogP contribution in [0.5, 0.6) is 5.88 Å². The van der Waals surface area contributed by atoms with Crippen LogP contribution in [-0.2, 0) is 19.3 Å². The zero-order valence-electron chi connectivity index (χ0n) is 12.4. The van der Waals surface area contributed by atoms with E-state index in [0.29, 0.717) is 11.6 Å². The monoisotopic (exact) mass is 349 g/mol. The molecule has 0 radical (unpaired) electrons. The highest BCUT2D eigenvalue weighted by atomic mass is 35.5. The van der Waals surface area contributed by atoms with Crippen LogP contribution in [0.3, 0.4) is 0 Å². The summed E-state index contributed by atoms with van der Waals surface area (Å²) in [5, 5.41) is 13.4. The lowest BCUT2D eigenvalue weighted by Crippen LogP contribution is -2.11. The smallest absolute Gasteiger partial charge is 0.417 e. The number of aliphatic hydroxyl groups is 1. The Kier molecular flexibility index (Phi) is 5.16. The Morgan fingerprint density at radius 2 is 2.04 bits per heavy atom. The molecule has 0 saturated heterocycles. The summed E-state index contributed by atoms with van der Waals surface area (Å²) < 4.78 is 44.6. The van der Waals surface area contributed by atoms with Gasteiger partial charge in [0.25, 0.3) is 0 Å². The number of hydrogen-bond donors (Lipinski definition) is 1. The van der Waals surface area contributed by atoms with Gasteiger partial charge in [0.15, 0.2) is 0 Å². The number of aromatic nitrogens is 3. The lowest BCUT2D eigenvalue weighted by Gasteiger charge is -2.10. The summed E-state index contributed by atoms with van der Waals surface area (Å²) in [6, 6.07) is 2.37. The zero-order valence-corrected chi connectivity index (χ0v) is 13.2. The minimum Gasteiger partial charge on any atom is -0.474 e. The molecule has 2 aromatic rings. The van der Waals surface area contributed by atoms with E-state index in [9.17, 15) is 18.3 Å². The van der Waals surface area contributed by atoms with Crippen LogP contribution in [0.2, 0.25) is 5.02 Å². The third-order valence-electron chi connectivity index (χ3n) is 2.90. The van der Waals surface area contributed by atoms with E-state index >= 15 is 0 Å². The topological polar surface area (TPSA) is 60.2 Å². The molecule has 0 aliphatic rings. The van der Waals surface area contributed by atoms with Crippen molar-refractivity contribution in [2.75, 3.05) is 0 Å². The lowest BCUT2D eigenvalue weighted by atomic mass is 10.2. The first-order valence-corrected chi connectivity index (χ1v) is 7.14. The Labute approximate surface area is 135 Å². The van der Waals surface area contributed by atoms with Gasteiger partial charge in [-0.25, -0.2) is 0 Å². The van der Waals surface area contributed by atoms with E-state index in [4.69, 9.17) is 16.3 Å². The van der Waals surface area contributed by atoms with Crippen molar-refractivity contribution in [2.45, 2.75) is 39.3 Å². The molecule has 0 fully saturated rings. The van der Waals surface area contributed by atoms with Gasteiger partial charge in [-0.05, 0) is 19.9 Å². The van der Waals surface area contributed by atoms with Crippen LogP contribution in [0.15, 0.2) is 18.3 Å². The summed E-state index contributed by atoms with van der Waals surface area (Å²) in [5.74, 6) is 0.312. The fourth-order valence-corrected chi connectivity index (χ4v) is 2.10. The van der Waals surface area contributed by atoms with Crippen LogP contribution in [-0.4, -0.2) is 26.0 Å². The molecule has 9 heteroatoms. The maximum absolute atomic E-state index is 12.6. The molecule has 23 heavy (non-hydrogen) atoms. The van der Waals surface area contributed by atoms with Crippen LogP contribution in [0, 0.1) is 0 Å². The van der Waals surface area contributed by atoms with E-state index in [1.807, 2.05) is 13.8 Å². The number of halogens is 4. The third kappa shape index (κ3) is 4.35. The summed E-state index contributed by atoms with van der Waals surface area (Å²) in [6.07, 6.45) is -3.89. The first-order valence-electron chi connectivity index (χ1n) is 6.76. The van der Waals surface area contributed by atoms with Gasteiger partial charge >= 0.3 is 6.18 Å². The molecule has 0 unspecified atom stereocenters. The molecule has 5 nitrogen and oxygen atoms in total. The molecule has 2 heterocycles. The van der Waals surface area contributed by atoms with Gasteiger partial charge in [-0.1, -0.05) is 11.6 Å². The number of rotatable bonds is 5. The van der Waals surface area contributed by atoms with E-state index in [-0.39, 0.29) is 30.0 Å². The van der Waals surface area contributed by atoms with E-state index < -0.39 is 11.7 Å².